The van der Waals surface area contributed by atoms with E-state index in [4.69, 9.17) is 4.74 Å². The summed E-state index contributed by atoms with van der Waals surface area (Å²) in [5.41, 5.74) is 0. The van der Waals surface area contributed by atoms with Crippen LogP contribution in [0.25, 0.3) is 0 Å². The number of hydrogen-bond donors (Lipinski definition) is 0. The molecule has 1 saturated carbocycles. The third-order valence-electron chi connectivity index (χ3n) is 5.04. The van der Waals surface area contributed by atoms with Crippen LogP contribution in [0, 0.1) is 11.8 Å². The fraction of sp³-hybridized carbons (Fsp3) is 0.882. The number of fused-ring (bicyclic) bond motifs is 1. The van der Waals surface area contributed by atoms with Crippen molar-refractivity contribution in [3.63, 3.8) is 0 Å². The van der Waals surface area contributed by atoms with E-state index in [1.54, 1.807) is 0 Å². The Balaban J connectivity index is 1.88. The van der Waals surface area contributed by atoms with Crippen molar-refractivity contribution in [2.45, 2.75) is 71.3 Å². The highest BCUT2D eigenvalue weighted by atomic mass is 16.5. The van der Waals surface area contributed by atoms with Gasteiger partial charge in [-0.2, -0.15) is 0 Å². The zero-order valence-electron chi connectivity index (χ0n) is 13.5. The summed E-state index contributed by atoms with van der Waals surface area (Å²) in [6.45, 7) is 4.88. The molecule has 21 heavy (non-hydrogen) atoms. The maximum absolute atomic E-state index is 12.5. The number of unbranched alkanes of at least 4 members (excludes halogenated alkanes) is 2. The van der Waals surface area contributed by atoms with Crippen LogP contribution in [0.15, 0.2) is 0 Å². The maximum atomic E-state index is 12.5. The number of hydrogen-bond acceptors (Lipinski definition) is 3. The van der Waals surface area contributed by atoms with E-state index in [1.807, 2.05) is 4.90 Å². The van der Waals surface area contributed by atoms with Crippen molar-refractivity contribution < 1.29 is 14.3 Å². The Morgan fingerprint density at radius 2 is 2.00 bits per heavy atom. The molecule has 0 unspecified atom stereocenters. The third-order valence-corrected chi connectivity index (χ3v) is 5.04. The van der Waals surface area contributed by atoms with Crippen LogP contribution in [0.4, 0.5) is 0 Å². The predicted molar refractivity (Wildman–Crippen MR) is 81.7 cm³/mol. The zero-order valence-corrected chi connectivity index (χ0v) is 13.5. The minimum Gasteiger partial charge on any atom is -0.464 e. The van der Waals surface area contributed by atoms with Crippen molar-refractivity contribution in [3.8, 4) is 0 Å². The average Bonchev–Trinajstić information content (AvgIpc) is 2.76. The molecule has 2 rings (SSSR count). The number of carbonyl (C=O) groups excluding carboxylic acids is 2. The van der Waals surface area contributed by atoms with Gasteiger partial charge >= 0.3 is 5.97 Å². The van der Waals surface area contributed by atoms with Crippen molar-refractivity contribution >= 4 is 11.9 Å². The van der Waals surface area contributed by atoms with Crippen molar-refractivity contribution in [1.82, 2.24) is 4.90 Å². The second-order valence-corrected chi connectivity index (χ2v) is 6.42. The van der Waals surface area contributed by atoms with Gasteiger partial charge in [0.05, 0.1) is 6.61 Å². The summed E-state index contributed by atoms with van der Waals surface area (Å²) < 4.78 is 5.27. The van der Waals surface area contributed by atoms with Gasteiger partial charge in [-0.3, -0.25) is 9.59 Å². The highest BCUT2D eigenvalue weighted by molar-refractivity contribution is 5.86. The molecule has 0 aromatic rings. The fourth-order valence-corrected chi connectivity index (χ4v) is 3.98. The Labute approximate surface area is 128 Å². The van der Waals surface area contributed by atoms with Gasteiger partial charge in [0.1, 0.15) is 6.54 Å². The monoisotopic (exact) mass is 295 g/mol. The number of likely N-dealkylation sites (tertiary alicyclic amines) is 1. The van der Waals surface area contributed by atoms with Crippen LogP contribution in [-0.4, -0.2) is 36.0 Å². The lowest BCUT2D eigenvalue weighted by Gasteiger charge is -2.28. The first kappa shape index (κ1) is 16.3. The van der Waals surface area contributed by atoms with E-state index in [1.165, 1.54) is 6.42 Å². The van der Waals surface area contributed by atoms with E-state index in [0.717, 1.165) is 44.9 Å². The molecule has 0 aromatic carbocycles. The normalized spacial score (nSPS) is 28.6. The minimum absolute atomic E-state index is 0.149. The number of carbonyl (C=O) groups is 2. The number of amides is 1. The molecule has 0 spiro atoms. The standard InChI is InChI=1S/C17H29NO3/c1-3-5-8-11-21-16(19)12-18-15(4-2)13-9-6-7-10-14(13)17(18)20/h13-15H,3-12H2,1-2H3/t13-,14+,15-/m1/s1. The first-order valence-electron chi connectivity index (χ1n) is 8.65. The molecule has 0 aromatic heterocycles. The SMILES string of the molecule is CCCCCOC(=O)CN1C(=O)[C@H]2CCCC[C@H]2[C@H]1CC. The van der Waals surface area contributed by atoms with E-state index in [0.29, 0.717) is 12.5 Å². The quantitative estimate of drug-likeness (QED) is 0.535. The van der Waals surface area contributed by atoms with Crippen LogP contribution in [0.3, 0.4) is 0 Å². The maximum Gasteiger partial charge on any atom is 0.325 e. The summed E-state index contributed by atoms with van der Waals surface area (Å²) in [6.07, 6.45) is 8.56. The lowest BCUT2D eigenvalue weighted by Crippen LogP contribution is -2.39. The largest absolute Gasteiger partial charge is 0.464 e. The Morgan fingerprint density at radius 3 is 2.71 bits per heavy atom. The second kappa shape index (κ2) is 7.81. The van der Waals surface area contributed by atoms with Crippen molar-refractivity contribution in [1.29, 1.82) is 0 Å². The van der Waals surface area contributed by atoms with E-state index < -0.39 is 0 Å². The summed E-state index contributed by atoms with van der Waals surface area (Å²) in [7, 11) is 0. The van der Waals surface area contributed by atoms with Gasteiger partial charge in [0, 0.05) is 12.0 Å². The van der Waals surface area contributed by atoms with E-state index in [9.17, 15) is 9.59 Å². The minimum atomic E-state index is -0.239. The molecule has 1 amide bonds. The van der Waals surface area contributed by atoms with Crippen LogP contribution in [-0.2, 0) is 14.3 Å². The van der Waals surface area contributed by atoms with Crippen LogP contribution in [0.1, 0.15) is 65.2 Å². The van der Waals surface area contributed by atoms with Gasteiger partial charge in [0.25, 0.3) is 0 Å². The molecule has 0 N–H and O–H groups in total. The average molecular weight is 295 g/mol. The van der Waals surface area contributed by atoms with Crippen LogP contribution in [0.2, 0.25) is 0 Å². The van der Waals surface area contributed by atoms with Gasteiger partial charge < -0.3 is 9.64 Å². The third kappa shape index (κ3) is 3.78. The summed E-state index contributed by atoms with van der Waals surface area (Å²) in [6, 6.07) is 0.242. The smallest absolute Gasteiger partial charge is 0.325 e. The molecule has 1 aliphatic heterocycles. The highest BCUT2D eigenvalue weighted by Crippen LogP contribution is 2.42. The Bertz CT molecular complexity index is 369. The molecule has 2 aliphatic rings. The molecular weight excluding hydrogens is 266 g/mol. The Morgan fingerprint density at radius 1 is 1.24 bits per heavy atom. The van der Waals surface area contributed by atoms with Crippen LogP contribution in [0.5, 0.6) is 0 Å². The molecule has 3 atom stereocenters. The van der Waals surface area contributed by atoms with Gasteiger partial charge in [-0.05, 0) is 31.6 Å². The molecule has 2 fully saturated rings. The van der Waals surface area contributed by atoms with Crippen molar-refractivity contribution in [3.05, 3.63) is 0 Å². The summed E-state index contributed by atoms with van der Waals surface area (Å²) in [5.74, 6) is 0.578. The Kier molecular flexibility index (Phi) is 6.07. The van der Waals surface area contributed by atoms with Gasteiger partial charge in [-0.25, -0.2) is 0 Å². The molecule has 120 valence electrons. The fourth-order valence-electron chi connectivity index (χ4n) is 3.98. The van der Waals surface area contributed by atoms with Gasteiger partial charge in [0.2, 0.25) is 5.91 Å². The molecule has 1 heterocycles. The lowest BCUT2D eigenvalue weighted by atomic mass is 9.78. The van der Waals surface area contributed by atoms with E-state index >= 15 is 0 Å². The number of rotatable bonds is 7. The molecule has 4 nitrogen and oxygen atoms in total. The number of esters is 1. The zero-order chi connectivity index (χ0) is 15.2. The number of nitrogens with zero attached hydrogens (tertiary/aromatic N) is 1. The van der Waals surface area contributed by atoms with Gasteiger partial charge in [-0.15, -0.1) is 0 Å². The predicted octanol–water partition coefficient (Wildman–Crippen LogP) is 3.15. The molecular formula is C17H29NO3. The van der Waals surface area contributed by atoms with Crippen molar-refractivity contribution in [2.75, 3.05) is 13.2 Å². The van der Waals surface area contributed by atoms with E-state index in [2.05, 4.69) is 13.8 Å². The summed E-state index contributed by atoms with van der Waals surface area (Å²) in [5, 5.41) is 0. The molecule has 1 saturated heterocycles. The topological polar surface area (TPSA) is 46.6 Å². The van der Waals surface area contributed by atoms with Crippen molar-refractivity contribution in [2.24, 2.45) is 11.8 Å². The Hall–Kier alpha value is -1.06. The molecule has 4 heteroatoms. The van der Waals surface area contributed by atoms with Crippen LogP contribution >= 0.6 is 0 Å². The first-order chi connectivity index (χ1) is 10.2. The molecule has 1 aliphatic carbocycles. The van der Waals surface area contributed by atoms with E-state index in [-0.39, 0.29) is 30.4 Å². The summed E-state index contributed by atoms with van der Waals surface area (Å²) >= 11 is 0. The van der Waals surface area contributed by atoms with Gasteiger partial charge in [0.15, 0.2) is 0 Å². The molecule has 0 radical (unpaired) electrons. The molecule has 0 bridgehead atoms. The lowest BCUT2D eigenvalue weighted by molar-refractivity contribution is -0.149. The highest BCUT2D eigenvalue weighted by Gasteiger charge is 2.48. The van der Waals surface area contributed by atoms with Gasteiger partial charge in [-0.1, -0.05) is 39.5 Å². The number of ether oxygens (including phenoxy) is 1. The summed E-state index contributed by atoms with van der Waals surface area (Å²) in [4.78, 5) is 26.3. The second-order valence-electron chi connectivity index (χ2n) is 6.42. The van der Waals surface area contributed by atoms with Crippen LogP contribution < -0.4 is 0 Å². The first-order valence-corrected chi connectivity index (χ1v) is 8.65.